The first-order valence-corrected chi connectivity index (χ1v) is 29.6. The summed E-state index contributed by atoms with van der Waals surface area (Å²) >= 11 is 0. The minimum atomic E-state index is -0.0261. The second kappa shape index (κ2) is 30.5. The van der Waals surface area contributed by atoms with Gasteiger partial charge in [-0.05, 0) is 133 Å². The zero-order valence-electron chi connectivity index (χ0n) is 52.1. The Balaban J connectivity index is 0.000000125. The number of methoxy groups -OCH3 is 2. The number of nitrogens with one attached hydrogen (secondary N) is 1. The highest BCUT2D eigenvalue weighted by Gasteiger charge is 2.20. The first-order valence-electron chi connectivity index (χ1n) is 29.6. The van der Waals surface area contributed by atoms with Gasteiger partial charge in [-0.25, -0.2) is 9.67 Å². The second-order valence-corrected chi connectivity index (χ2v) is 20.8. The molecule has 0 bridgehead atoms. The molecule has 0 saturated carbocycles. The summed E-state index contributed by atoms with van der Waals surface area (Å²) in [6, 6.07) is 64.0. The van der Waals surface area contributed by atoms with E-state index >= 15 is 0 Å². The molecule has 15 rings (SSSR count). The first kappa shape index (κ1) is 66.0. The Morgan fingerprint density at radius 3 is 1.29 bits per heavy atom. The average molecular weight is 1330 g/mol. The van der Waals surface area contributed by atoms with Crippen molar-refractivity contribution in [3.63, 3.8) is 0 Å². The van der Waals surface area contributed by atoms with E-state index in [1.54, 1.807) is 200 Å². The molecule has 0 aliphatic carbocycles. The van der Waals surface area contributed by atoms with Gasteiger partial charge in [0.2, 0.25) is 17.5 Å². The van der Waals surface area contributed by atoms with Gasteiger partial charge in [-0.2, -0.15) is 9.97 Å². The van der Waals surface area contributed by atoms with Crippen LogP contribution in [0, 0.1) is 0 Å². The number of hydrogen-bond acceptors (Lipinski definition) is 24. The van der Waals surface area contributed by atoms with Crippen LogP contribution in [0.15, 0.2) is 252 Å². The number of phenols is 10. The highest BCUT2D eigenvalue weighted by atomic mass is 16.5. The normalized spacial score (nSPS) is 10.5. The first-order chi connectivity index (χ1) is 48.1. The van der Waals surface area contributed by atoms with Crippen molar-refractivity contribution in [2.45, 2.75) is 0 Å². The maximum absolute atomic E-state index is 9.95. The molecule has 15 aromatic rings. The van der Waals surface area contributed by atoms with Crippen LogP contribution < -0.4 is 9.47 Å². The highest BCUT2D eigenvalue weighted by Crippen LogP contribution is 2.38. The van der Waals surface area contributed by atoms with Crippen LogP contribution in [0.4, 0.5) is 0 Å². The van der Waals surface area contributed by atoms with Crippen LogP contribution >= 0.6 is 0 Å². The van der Waals surface area contributed by atoms with Gasteiger partial charge in [0.15, 0.2) is 0 Å². The van der Waals surface area contributed by atoms with Gasteiger partial charge in [-0.3, -0.25) is 0 Å². The third kappa shape index (κ3) is 15.6. The third-order valence-electron chi connectivity index (χ3n) is 14.4. The Labute approximate surface area is 561 Å². The summed E-state index contributed by atoms with van der Waals surface area (Å²) < 4.78 is 21.9. The fourth-order valence-corrected chi connectivity index (χ4v) is 9.39. The van der Waals surface area contributed by atoms with Gasteiger partial charge in [0, 0.05) is 17.2 Å². The zero-order valence-corrected chi connectivity index (χ0v) is 52.1. The zero-order chi connectivity index (χ0) is 69.4. The minimum Gasteiger partial charge on any atom is -0.507 e. The fraction of sp³-hybridized carbons (Fsp3) is 0.0278. The van der Waals surface area contributed by atoms with Gasteiger partial charge < -0.3 is 74.6 Å². The van der Waals surface area contributed by atoms with Crippen LogP contribution in [0.3, 0.4) is 0 Å². The number of hydrogen-bond donors (Lipinski definition) is 11. The van der Waals surface area contributed by atoms with Gasteiger partial charge >= 0.3 is 0 Å². The van der Waals surface area contributed by atoms with Gasteiger partial charge in [0.05, 0.1) is 65.7 Å². The van der Waals surface area contributed by atoms with Crippen LogP contribution in [0.2, 0.25) is 0 Å². The van der Waals surface area contributed by atoms with Gasteiger partial charge in [0.1, 0.15) is 91.9 Å². The number of imidazole rings is 1. The molecule has 0 aliphatic rings. The molecular formula is C72H57N13O14. The molecule has 0 unspecified atom stereocenters. The van der Waals surface area contributed by atoms with Crippen molar-refractivity contribution in [3.8, 4) is 171 Å². The van der Waals surface area contributed by atoms with Crippen molar-refractivity contribution < 1.29 is 69.6 Å². The Morgan fingerprint density at radius 1 is 0.364 bits per heavy atom. The topological polar surface area (TPSA) is 402 Å². The number of tetrazole rings is 1. The molecule has 0 aliphatic heterocycles. The van der Waals surface area contributed by atoms with Crippen LogP contribution in [-0.2, 0) is 0 Å². The number of benzene rings is 10. The van der Waals surface area contributed by atoms with E-state index in [1.807, 2.05) is 18.2 Å². The van der Waals surface area contributed by atoms with Crippen molar-refractivity contribution >= 4 is 0 Å². The molecule has 5 aromatic heterocycles. The molecule has 10 aromatic carbocycles. The number of aromatic nitrogens is 13. The summed E-state index contributed by atoms with van der Waals surface area (Å²) in [5.41, 5.74) is 6.28. The summed E-state index contributed by atoms with van der Waals surface area (Å²) in [4.78, 5) is 16.9. The number of aromatic hydroxyl groups is 10. The lowest BCUT2D eigenvalue weighted by Crippen LogP contribution is -1.99. The van der Waals surface area contributed by atoms with E-state index in [2.05, 4.69) is 56.0 Å². The smallest absolute Gasteiger partial charge is 0.262 e. The molecule has 11 N–H and O–H groups in total. The number of rotatable bonds is 12. The molecule has 5 heterocycles. The summed E-state index contributed by atoms with van der Waals surface area (Å²) in [5.74, 6) is 3.59. The van der Waals surface area contributed by atoms with Crippen LogP contribution in [0.1, 0.15) is 0 Å². The highest BCUT2D eigenvalue weighted by molar-refractivity contribution is 5.73. The molecule has 0 amide bonds. The number of aromatic amines is 1. The predicted octanol–water partition coefficient (Wildman–Crippen LogP) is 12.9. The lowest BCUT2D eigenvalue weighted by atomic mass is 10.1. The summed E-state index contributed by atoms with van der Waals surface area (Å²) in [6.07, 6.45) is 3.29. The molecule has 27 nitrogen and oxygen atoms in total. The molecule has 0 atom stereocenters. The maximum Gasteiger partial charge on any atom is 0.262 e. The van der Waals surface area contributed by atoms with Crippen LogP contribution in [0.25, 0.3) is 102 Å². The van der Waals surface area contributed by atoms with Gasteiger partial charge in [-0.15, -0.1) is 20.1 Å². The van der Waals surface area contributed by atoms with E-state index in [1.165, 1.54) is 48.0 Å². The molecule has 494 valence electrons. The summed E-state index contributed by atoms with van der Waals surface area (Å²) in [6.45, 7) is 0. The summed E-state index contributed by atoms with van der Waals surface area (Å²) in [5, 5.41) is 125. The van der Waals surface area contributed by atoms with E-state index in [-0.39, 0.29) is 80.9 Å². The monoisotopic (exact) mass is 1330 g/mol. The maximum atomic E-state index is 9.95. The lowest BCUT2D eigenvalue weighted by Gasteiger charge is -2.03. The average Bonchev–Trinajstić information content (AvgIpc) is 1.77. The van der Waals surface area contributed by atoms with Crippen molar-refractivity contribution in [1.29, 1.82) is 0 Å². The fourth-order valence-electron chi connectivity index (χ4n) is 9.39. The van der Waals surface area contributed by atoms with Crippen molar-refractivity contribution in [1.82, 2.24) is 65.5 Å². The van der Waals surface area contributed by atoms with Crippen molar-refractivity contribution in [2.24, 2.45) is 0 Å². The van der Waals surface area contributed by atoms with E-state index in [0.717, 1.165) is 0 Å². The van der Waals surface area contributed by atoms with Crippen molar-refractivity contribution in [2.75, 3.05) is 14.2 Å². The summed E-state index contributed by atoms with van der Waals surface area (Å²) in [7, 11) is 3.04. The molecular weight excluding hydrogens is 1270 g/mol. The molecule has 0 fully saturated rings. The Bertz CT molecular complexity index is 4750. The van der Waals surface area contributed by atoms with E-state index < -0.39 is 0 Å². The quantitative estimate of drug-likeness (QED) is 0.0541. The number of para-hydroxylation sites is 10. The lowest BCUT2D eigenvalue weighted by molar-refractivity contribution is 0.405. The SMILES string of the molecule is COc1ccc(-c2nc(-c3ccccc3O)no2)c(O)c1.COc1ccc(O)c(-c2nc(-c3ccccc3O)no2)c1.Oc1ccccc1-c1cn(-c2ccccc2O)nn1.Oc1ccccc1-c1cnc(-c2ccccc2O)[nH]1.Oc1ccccc1-c1nnn(-c2ccccc2O)n1. The van der Waals surface area contributed by atoms with Crippen molar-refractivity contribution in [3.05, 3.63) is 243 Å². The van der Waals surface area contributed by atoms with E-state index in [4.69, 9.17) is 18.5 Å². The third-order valence-corrected chi connectivity index (χ3v) is 14.4. The standard InChI is InChI=1S/2C15H12N2O4.C15H12N2O2.C14H11N3O2.C13H10N4O2/c1-20-9-6-7-13(19)11(8-9)15-16-14(17-21-15)10-4-2-3-5-12(10)18;1-20-9-6-7-11(13(19)8-9)15-16-14(17-21-15)10-4-2-3-5-12(10)18;18-13-7-3-1-5-10(13)12-9-16-15(17-12)11-6-2-4-8-14(11)19;18-13-7-3-1-5-10(13)11-9-17(16-15-11)12-6-2-4-8-14(12)19;18-11-7-3-1-5-9(11)13-14-16-17(15-13)10-6-2-4-8-12(10)19/h2*2-8,18-19H,1H3;1-9,18-19H,(H,16,17);1-9,18-19H;1-8,18-19H. The second-order valence-electron chi connectivity index (χ2n) is 20.8. The Morgan fingerprint density at radius 2 is 0.788 bits per heavy atom. The Hall–Kier alpha value is -14.5. The van der Waals surface area contributed by atoms with Gasteiger partial charge in [-0.1, -0.05) is 113 Å². The van der Waals surface area contributed by atoms with Gasteiger partial charge in [0.25, 0.3) is 11.8 Å². The Kier molecular flexibility index (Phi) is 20.3. The number of ether oxygens (including phenoxy) is 2. The van der Waals surface area contributed by atoms with E-state index in [0.29, 0.717) is 90.4 Å². The molecule has 0 radical (unpaired) electrons. The van der Waals surface area contributed by atoms with E-state index in [9.17, 15) is 51.1 Å². The molecule has 27 heteroatoms. The number of phenolic OH excluding ortho intramolecular Hbond substituents is 10. The minimum absolute atomic E-state index is 0.00304. The molecule has 0 spiro atoms. The van der Waals surface area contributed by atoms with Crippen LogP contribution in [-0.4, -0.2) is 131 Å². The number of nitrogens with zero attached hydrogens (tertiary/aromatic N) is 12. The number of H-pyrrole nitrogens is 1. The largest absolute Gasteiger partial charge is 0.507 e. The molecule has 99 heavy (non-hydrogen) atoms. The molecule has 0 saturated heterocycles. The predicted molar refractivity (Wildman–Crippen MR) is 361 cm³/mol. The van der Waals surface area contributed by atoms with Crippen LogP contribution in [0.5, 0.6) is 69.0 Å².